The molecule has 0 aromatic carbocycles. The summed E-state index contributed by atoms with van der Waals surface area (Å²) < 4.78 is 4.83. The maximum atomic E-state index is 11.5. The summed E-state index contributed by atoms with van der Waals surface area (Å²) in [5.74, 6) is -0.939. The van der Waals surface area contributed by atoms with Gasteiger partial charge in [0, 0.05) is 19.4 Å². The van der Waals surface area contributed by atoms with Crippen LogP contribution in [0.3, 0.4) is 0 Å². The van der Waals surface area contributed by atoms with Gasteiger partial charge in [-0.3, -0.25) is 4.79 Å². The molecular formula is C10H10N4O3. The van der Waals surface area contributed by atoms with Gasteiger partial charge in [0.1, 0.15) is 0 Å². The van der Waals surface area contributed by atoms with Crippen molar-refractivity contribution in [3.63, 3.8) is 0 Å². The van der Waals surface area contributed by atoms with Gasteiger partial charge in [0.05, 0.1) is 11.8 Å². The predicted octanol–water partition coefficient (Wildman–Crippen LogP) is 0.183. The number of ether oxygens (including phenoxy) is 1. The third-order valence-electron chi connectivity index (χ3n) is 2.05. The first kappa shape index (κ1) is 11.1. The number of H-pyrrole nitrogens is 1. The van der Waals surface area contributed by atoms with Gasteiger partial charge in [-0.05, 0) is 6.07 Å². The van der Waals surface area contributed by atoms with E-state index in [1.165, 1.54) is 17.2 Å². The molecule has 0 saturated heterocycles. The molecule has 7 heteroatoms. The SMILES string of the molecule is Cn1ncc(C(=O)COC(=O)c2cc[nH]c2)n1. The van der Waals surface area contributed by atoms with E-state index in [0.29, 0.717) is 5.56 Å². The fraction of sp³-hybridized carbons (Fsp3) is 0.200. The highest BCUT2D eigenvalue weighted by Gasteiger charge is 2.14. The predicted molar refractivity (Wildman–Crippen MR) is 56.4 cm³/mol. The van der Waals surface area contributed by atoms with Crippen LogP contribution in [-0.4, -0.2) is 38.3 Å². The molecule has 2 aromatic rings. The van der Waals surface area contributed by atoms with Crippen molar-refractivity contribution < 1.29 is 14.3 Å². The summed E-state index contributed by atoms with van der Waals surface area (Å²) in [4.78, 5) is 26.9. The van der Waals surface area contributed by atoms with Crippen LogP contribution in [0.1, 0.15) is 20.8 Å². The number of aryl methyl sites for hydroxylation is 1. The summed E-state index contributed by atoms with van der Waals surface area (Å²) in [6.07, 6.45) is 4.42. The van der Waals surface area contributed by atoms with Crippen molar-refractivity contribution in [1.82, 2.24) is 20.0 Å². The van der Waals surface area contributed by atoms with Crippen LogP contribution >= 0.6 is 0 Å². The number of aromatic nitrogens is 4. The Kier molecular flexibility index (Phi) is 2.99. The average Bonchev–Trinajstić information content (AvgIpc) is 2.95. The van der Waals surface area contributed by atoms with Crippen LogP contribution in [0, 0.1) is 0 Å². The Balaban J connectivity index is 1.91. The van der Waals surface area contributed by atoms with Gasteiger partial charge in [-0.2, -0.15) is 15.0 Å². The summed E-state index contributed by atoms with van der Waals surface area (Å²) in [7, 11) is 1.60. The van der Waals surface area contributed by atoms with Gasteiger partial charge in [-0.15, -0.1) is 0 Å². The second-order valence-electron chi connectivity index (χ2n) is 3.32. The van der Waals surface area contributed by atoms with Crippen molar-refractivity contribution in [3.05, 3.63) is 35.9 Å². The number of nitrogens with one attached hydrogen (secondary N) is 1. The summed E-state index contributed by atoms with van der Waals surface area (Å²) in [5, 5.41) is 7.56. The average molecular weight is 234 g/mol. The first-order chi connectivity index (χ1) is 8.16. The number of esters is 1. The zero-order valence-electron chi connectivity index (χ0n) is 9.08. The zero-order chi connectivity index (χ0) is 12.3. The third kappa shape index (κ3) is 2.57. The minimum absolute atomic E-state index is 0.175. The van der Waals surface area contributed by atoms with E-state index in [-0.39, 0.29) is 18.1 Å². The number of Topliss-reactive ketones (excluding diaryl/α,β-unsaturated/α-hetero) is 1. The zero-order valence-corrected chi connectivity index (χ0v) is 9.08. The smallest absolute Gasteiger partial charge is 0.340 e. The van der Waals surface area contributed by atoms with Gasteiger partial charge in [0.25, 0.3) is 0 Å². The largest absolute Gasteiger partial charge is 0.454 e. The molecule has 88 valence electrons. The molecule has 17 heavy (non-hydrogen) atoms. The van der Waals surface area contributed by atoms with Gasteiger partial charge in [-0.1, -0.05) is 0 Å². The summed E-state index contributed by atoms with van der Waals surface area (Å²) in [5.41, 5.74) is 0.548. The number of aromatic amines is 1. The van der Waals surface area contributed by atoms with E-state index in [4.69, 9.17) is 4.74 Å². The van der Waals surface area contributed by atoms with E-state index >= 15 is 0 Å². The molecule has 2 heterocycles. The van der Waals surface area contributed by atoms with Crippen molar-refractivity contribution in [2.45, 2.75) is 0 Å². The number of ketones is 1. The van der Waals surface area contributed by atoms with E-state index in [2.05, 4.69) is 15.2 Å². The Bertz CT molecular complexity index is 530. The topological polar surface area (TPSA) is 89.9 Å². The second kappa shape index (κ2) is 4.60. The Labute approximate surface area is 96.4 Å². The van der Waals surface area contributed by atoms with E-state index in [1.54, 1.807) is 19.3 Å². The van der Waals surface area contributed by atoms with E-state index < -0.39 is 5.97 Å². The molecule has 0 unspecified atom stereocenters. The fourth-order valence-electron chi connectivity index (χ4n) is 1.21. The van der Waals surface area contributed by atoms with E-state index in [9.17, 15) is 9.59 Å². The normalized spacial score (nSPS) is 10.2. The minimum atomic E-state index is -0.552. The molecule has 1 N–H and O–H groups in total. The Morgan fingerprint density at radius 2 is 2.35 bits per heavy atom. The van der Waals surface area contributed by atoms with Crippen LogP contribution in [0.15, 0.2) is 24.7 Å². The maximum Gasteiger partial charge on any atom is 0.340 e. The Hall–Kier alpha value is -2.44. The van der Waals surface area contributed by atoms with Crippen LogP contribution in [0.25, 0.3) is 0 Å². The van der Waals surface area contributed by atoms with Crippen LogP contribution < -0.4 is 0 Å². The van der Waals surface area contributed by atoms with E-state index in [0.717, 1.165) is 0 Å². The highest BCUT2D eigenvalue weighted by atomic mass is 16.5. The molecule has 0 aliphatic carbocycles. The maximum absolute atomic E-state index is 11.5. The Morgan fingerprint density at radius 3 is 2.94 bits per heavy atom. The molecule has 0 bridgehead atoms. The van der Waals surface area contributed by atoms with Crippen LogP contribution in [-0.2, 0) is 11.8 Å². The van der Waals surface area contributed by atoms with Gasteiger partial charge < -0.3 is 9.72 Å². The summed E-state index contributed by atoms with van der Waals surface area (Å²) in [6, 6.07) is 1.56. The first-order valence-corrected chi connectivity index (χ1v) is 4.86. The Morgan fingerprint density at radius 1 is 1.53 bits per heavy atom. The van der Waals surface area contributed by atoms with Crippen molar-refractivity contribution >= 4 is 11.8 Å². The quantitative estimate of drug-likeness (QED) is 0.602. The summed E-state index contributed by atoms with van der Waals surface area (Å²) >= 11 is 0. The minimum Gasteiger partial charge on any atom is -0.454 e. The number of carbonyl (C=O) groups is 2. The molecule has 0 radical (unpaired) electrons. The molecule has 0 amide bonds. The number of carbonyl (C=O) groups excluding carboxylic acids is 2. The highest BCUT2D eigenvalue weighted by Crippen LogP contribution is 2.01. The lowest BCUT2D eigenvalue weighted by molar-refractivity contribution is 0.0473. The van der Waals surface area contributed by atoms with Crippen molar-refractivity contribution in [2.24, 2.45) is 7.05 Å². The lowest BCUT2D eigenvalue weighted by Crippen LogP contribution is -2.14. The van der Waals surface area contributed by atoms with Crippen molar-refractivity contribution in [2.75, 3.05) is 6.61 Å². The van der Waals surface area contributed by atoms with Crippen molar-refractivity contribution in [3.8, 4) is 0 Å². The highest BCUT2D eigenvalue weighted by molar-refractivity contribution is 5.97. The second-order valence-corrected chi connectivity index (χ2v) is 3.32. The van der Waals surface area contributed by atoms with Gasteiger partial charge >= 0.3 is 5.97 Å². The third-order valence-corrected chi connectivity index (χ3v) is 2.05. The first-order valence-electron chi connectivity index (χ1n) is 4.86. The summed E-state index contributed by atoms with van der Waals surface area (Å²) in [6.45, 7) is -0.345. The fourth-order valence-corrected chi connectivity index (χ4v) is 1.21. The number of rotatable bonds is 4. The van der Waals surface area contributed by atoms with Crippen LogP contribution in [0.5, 0.6) is 0 Å². The van der Waals surface area contributed by atoms with Gasteiger partial charge in [-0.25, -0.2) is 4.79 Å². The molecule has 0 aliphatic heterocycles. The molecule has 2 rings (SSSR count). The standard InChI is InChI=1S/C10H10N4O3/c1-14-12-5-8(13-14)9(15)6-17-10(16)7-2-3-11-4-7/h2-5,11H,6H2,1H3. The van der Waals surface area contributed by atoms with Crippen LogP contribution in [0.4, 0.5) is 0 Å². The number of nitrogens with zero attached hydrogens (tertiary/aromatic N) is 3. The molecule has 0 atom stereocenters. The monoisotopic (exact) mass is 234 g/mol. The molecular weight excluding hydrogens is 224 g/mol. The molecule has 2 aromatic heterocycles. The van der Waals surface area contributed by atoms with E-state index in [1.807, 2.05) is 0 Å². The van der Waals surface area contributed by atoms with Gasteiger partial charge in [0.15, 0.2) is 12.3 Å². The molecule has 0 aliphatic rings. The lowest BCUT2D eigenvalue weighted by Gasteiger charge is -2.00. The molecule has 0 fully saturated rings. The molecule has 0 saturated carbocycles. The number of hydrogen-bond acceptors (Lipinski definition) is 5. The molecule has 0 spiro atoms. The molecule has 7 nitrogen and oxygen atoms in total. The number of hydrogen-bond donors (Lipinski definition) is 1. The van der Waals surface area contributed by atoms with Gasteiger partial charge in [0.2, 0.25) is 5.78 Å². The van der Waals surface area contributed by atoms with Crippen molar-refractivity contribution in [1.29, 1.82) is 0 Å². The lowest BCUT2D eigenvalue weighted by atomic mass is 10.3. The van der Waals surface area contributed by atoms with Crippen LogP contribution in [0.2, 0.25) is 0 Å².